The molecule has 0 saturated carbocycles. The summed E-state index contributed by atoms with van der Waals surface area (Å²) in [4.78, 5) is 14.1. The van der Waals surface area contributed by atoms with Gasteiger partial charge in [-0.1, -0.05) is 41.5 Å². The largest absolute Gasteiger partial charge is 0.338 e. The molecule has 0 amide bonds. The van der Waals surface area contributed by atoms with Gasteiger partial charge in [0.25, 0.3) is 0 Å². The van der Waals surface area contributed by atoms with Gasteiger partial charge in [-0.3, -0.25) is 4.90 Å². The average Bonchev–Trinajstić information content (AvgIpc) is 2.44. The maximum absolute atomic E-state index is 4.77. The number of hydrogen-bond donors (Lipinski definition) is 0. The van der Waals surface area contributed by atoms with Crippen LogP contribution in [0.1, 0.15) is 53.7 Å². The highest BCUT2D eigenvalue weighted by molar-refractivity contribution is 5.32. The van der Waals surface area contributed by atoms with Crippen molar-refractivity contribution in [1.82, 2.24) is 14.9 Å². The quantitative estimate of drug-likeness (QED) is 0.857. The van der Waals surface area contributed by atoms with Gasteiger partial charge in [-0.25, -0.2) is 9.97 Å². The van der Waals surface area contributed by atoms with Crippen molar-refractivity contribution in [3.8, 4) is 0 Å². The van der Waals surface area contributed by atoms with Crippen LogP contribution in [0.5, 0.6) is 0 Å². The van der Waals surface area contributed by atoms with Crippen molar-refractivity contribution in [2.45, 2.75) is 53.4 Å². The van der Waals surface area contributed by atoms with E-state index in [9.17, 15) is 0 Å². The molecular formula is C18H32N4. The molecule has 22 heavy (non-hydrogen) atoms. The molecule has 0 aliphatic carbocycles. The lowest BCUT2D eigenvalue weighted by molar-refractivity contribution is 0.216. The van der Waals surface area contributed by atoms with Gasteiger partial charge in [0.05, 0.1) is 5.69 Å². The molecule has 0 spiro atoms. The number of anilines is 1. The van der Waals surface area contributed by atoms with Gasteiger partial charge in [-0.2, -0.15) is 0 Å². The highest BCUT2D eigenvalue weighted by Gasteiger charge is 2.22. The summed E-state index contributed by atoms with van der Waals surface area (Å²) in [5.41, 5.74) is 1.61. The van der Waals surface area contributed by atoms with Crippen molar-refractivity contribution in [2.75, 3.05) is 37.6 Å². The van der Waals surface area contributed by atoms with Crippen molar-refractivity contribution in [2.24, 2.45) is 5.41 Å². The van der Waals surface area contributed by atoms with Gasteiger partial charge in [0.2, 0.25) is 5.95 Å². The first-order valence-electron chi connectivity index (χ1n) is 8.46. The highest BCUT2D eigenvalue weighted by Crippen LogP contribution is 2.22. The van der Waals surface area contributed by atoms with Crippen LogP contribution < -0.4 is 4.90 Å². The van der Waals surface area contributed by atoms with Crippen LogP contribution in [0.2, 0.25) is 0 Å². The van der Waals surface area contributed by atoms with E-state index >= 15 is 0 Å². The van der Waals surface area contributed by atoms with Crippen molar-refractivity contribution < 1.29 is 0 Å². The summed E-state index contributed by atoms with van der Waals surface area (Å²) in [6, 6.07) is 2.03. The zero-order valence-corrected chi connectivity index (χ0v) is 15.2. The molecule has 1 saturated heterocycles. The molecule has 4 heteroatoms. The fourth-order valence-electron chi connectivity index (χ4n) is 2.58. The van der Waals surface area contributed by atoms with Crippen molar-refractivity contribution in [1.29, 1.82) is 0 Å². The van der Waals surface area contributed by atoms with Gasteiger partial charge >= 0.3 is 0 Å². The first-order valence-corrected chi connectivity index (χ1v) is 8.46. The van der Waals surface area contributed by atoms with Gasteiger partial charge < -0.3 is 4.90 Å². The van der Waals surface area contributed by atoms with Crippen LogP contribution >= 0.6 is 0 Å². The minimum Gasteiger partial charge on any atom is -0.338 e. The van der Waals surface area contributed by atoms with Gasteiger partial charge in [0, 0.05) is 37.8 Å². The zero-order valence-electron chi connectivity index (χ0n) is 15.2. The van der Waals surface area contributed by atoms with E-state index in [2.05, 4.69) is 56.3 Å². The summed E-state index contributed by atoms with van der Waals surface area (Å²) in [5, 5.41) is 0. The molecule has 1 aliphatic rings. The predicted molar refractivity (Wildman–Crippen MR) is 93.5 cm³/mol. The smallest absolute Gasteiger partial charge is 0.225 e. The molecule has 2 heterocycles. The fourth-order valence-corrected chi connectivity index (χ4v) is 2.58. The van der Waals surface area contributed by atoms with Crippen LogP contribution in [-0.4, -0.2) is 47.6 Å². The van der Waals surface area contributed by atoms with Crippen LogP contribution in [0.3, 0.4) is 0 Å². The molecule has 4 nitrogen and oxygen atoms in total. The highest BCUT2D eigenvalue weighted by atomic mass is 15.3. The van der Waals surface area contributed by atoms with Crippen LogP contribution in [0.4, 0.5) is 5.95 Å². The second kappa shape index (κ2) is 6.53. The zero-order chi connectivity index (χ0) is 16.4. The minimum absolute atomic E-state index is 0.0756. The number of piperazine rings is 1. The van der Waals surface area contributed by atoms with Crippen molar-refractivity contribution >= 4 is 5.95 Å². The summed E-state index contributed by atoms with van der Waals surface area (Å²) in [5.74, 6) is 0.892. The molecule has 1 aromatic heterocycles. The topological polar surface area (TPSA) is 32.3 Å². The summed E-state index contributed by atoms with van der Waals surface area (Å²) >= 11 is 0. The Morgan fingerprint density at radius 2 is 1.64 bits per heavy atom. The lowest BCUT2D eigenvalue weighted by Gasteiger charge is -2.36. The second-order valence-electron chi connectivity index (χ2n) is 8.63. The SMILES string of the molecule is CC(C)(C)CCN1CCN(c2nccc(C(C)(C)C)n2)CC1. The van der Waals surface area contributed by atoms with Crippen molar-refractivity contribution in [3.05, 3.63) is 18.0 Å². The molecule has 1 aromatic rings. The standard InChI is InChI=1S/C18H32N4/c1-17(2,3)8-10-21-11-13-22(14-12-21)16-19-9-7-15(20-16)18(4,5)6/h7,9H,8,10-14H2,1-6H3. The monoisotopic (exact) mass is 304 g/mol. The lowest BCUT2D eigenvalue weighted by Crippen LogP contribution is -2.47. The Morgan fingerprint density at radius 3 is 2.18 bits per heavy atom. The summed E-state index contributed by atoms with van der Waals surface area (Å²) in [6.45, 7) is 19.0. The average molecular weight is 304 g/mol. The fraction of sp³-hybridized carbons (Fsp3) is 0.778. The van der Waals surface area contributed by atoms with Gasteiger partial charge in [0.1, 0.15) is 0 Å². The number of nitrogens with zero attached hydrogens (tertiary/aromatic N) is 4. The second-order valence-corrected chi connectivity index (χ2v) is 8.63. The van der Waals surface area contributed by atoms with E-state index in [-0.39, 0.29) is 5.41 Å². The van der Waals surface area contributed by atoms with E-state index in [0.29, 0.717) is 5.41 Å². The Balaban J connectivity index is 1.92. The van der Waals surface area contributed by atoms with E-state index in [0.717, 1.165) is 37.8 Å². The lowest BCUT2D eigenvalue weighted by atomic mass is 9.92. The molecule has 0 unspecified atom stereocenters. The molecule has 0 aromatic carbocycles. The maximum Gasteiger partial charge on any atom is 0.225 e. The Hall–Kier alpha value is -1.16. The third kappa shape index (κ3) is 4.94. The molecule has 0 atom stereocenters. The number of hydrogen-bond acceptors (Lipinski definition) is 4. The third-order valence-corrected chi connectivity index (χ3v) is 4.24. The van der Waals surface area contributed by atoms with Crippen LogP contribution in [0.15, 0.2) is 12.3 Å². The molecule has 0 bridgehead atoms. The van der Waals surface area contributed by atoms with E-state index in [1.165, 1.54) is 13.0 Å². The Bertz CT molecular complexity index is 477. The Kier molecular flexibility index (Phi) is 5.10. The molecule has 124 valence electrons. The minimum atomic E-state index is 0.0756. The van der Waals surface area contributed by atoms with E-state index < -0.39 is 0 Å². The Morgan fingerprint density at radius 1 is 1.00 bits per heavy atom. The van der Waals surface area contributed by atoms with Crippen LogP contribution in [-0.2, 0) is 5.41 Å². The van der Waals surface area contributed by atoms with Gasteiger partial charge in [0.15, 0.2) is 0 Å². The summed E-state index contributed by atoms with van der Waals surface area (Å²) in [6.07, 6.45) is 3.15. The maximum atomic E-state index is 4.77. The van der Waals surface area contributed by atoms with E-state index in [4.69, 9.17) is 4.98 Å². The predicted octanol–water partition coefficient (Wildman–Crippen LogP) is 3.33. The number of aromatic nitrogens is 2. The molecular weight excluding hydrogens is 272 g/mol. The molecule has 0 N–H and O–H groups in total. The van der Waals surface area contributed by atoms with Gasteiger partial charge in [-0.15, -0.1) is 0 Å². The normalized spacial score (nSPS) is 17.8. The Labute approximate surface area is 135 Å². The summed E-state index contributed by atoms with van der Waals surface area (Å²) in [7, 11) is 0. The molecule has 1 aliphatic heterocycles. The van der Waals surface area contributed by atoms with Crippen LogP contribution in [0.25, 0.3) is 0 Å². The first-order chi connectivity index (χ1) is 10.1. The molecule has 0 radical (unpaired) electrons. The van der Waals surface area contributed by atoms with Crippen molar-refractivity contribution in [3.63, 3.8) is 0 Å². The molecule has 2 rings (SSSR count). The van der Waals surface area contributed by atoms with E-state index in [1.807, 2.05) is 12.3 Å². The van der Waals surface area contributed by atoms with E-state index in [1.54, 1.807) is 0 Å². The third-order valence-electron chi connectivity index (χ3n) is 4.24. The number of rotatable bonds is 3. The van der Waals surface area contributed by atoms with Gasteiger partial charge in [-0.05, 0) is 24.4 Å². The summed E-state index contributed by atoms with van der Waals surface area (Å²) < 4.78 is 0. The first kappa shape index (κ1) is 17.2. The molecule has 1 fully saturated rings. The van der Waals surface area contributed by atoms with Crippen LogP contribution in [0, 0.1) is 5.41 Å².